The van der Waals surface area contributed by atoms with Gasteiger partial charge in [0.05, 0.1) is 22.2 Å². The second kappa shape index (κ2) is 15.0. The molecule has 1 heterocycles. The first kappa shape index (κ1) is 30.5. The molecule has 0 bridgehead atoms. The topological polar surface area (TPSA) is 86.2 Å². The Labute approximate surface area is 259 Å². The summed E-state index contributed by atoms with van der Waals surface area (Å²) in [5, 5.41) is 12.1. The van der Waals surface area contributed by atoms with E-state index in [1.165, 1.54) is 0 Å². The van der Waals surface area contributed by atoms with Gasteiger partial charge in [0.1, 0.15) is 0 Å². The van der Waals surface area contributed by atoms with Crippen molar-refractivity contribution >= 4 is 52.7 Å². The molecule has 0 amide bonds. The first-order chi connectivity index (χ1) is 18.4. The number of aliphatic carboxylic acids is 1. The van der Waals surface area contributed by atoms with Crippen LogP contribution in [0.2, 0.25) is 10.0 Å². The summed E-state index contributed by atoms with van der Waals surface area (Å²) < 4.78 is 0. The van der Waals surface area contributed by atoms with E-state index in [1.807, 2.05) is 65.6 Å². The number of hydrogen-bond donors (Lipinski definition) is 0. The molecule has 39 heavy (non-hydrogen) atoms. The van der Waals surface area contributed by atoms with Gasteiger partial charge in [-0.15, -0.1) is 0 Å². The molecule has 0 saturated carbocycles. The summed E-state index contributed by atoms with van der Waals surface area (Å²) in [6, 6.07) is 24.3. The molecule has 0 aliphatic rings. The van der Waals surface area contributed by atoms with Gasteiger partial charge in [-0.2, -0.15) is 0 Å². The average Bonchev–Trinajstić information content (AvgIpc) is 2.92. The molecular weight excluding hydrogens is 544 g/mol. The number of aromatic nitrogens is 2. The second-order valence-electron chi connectivity index (χ2n) is 8.59. The average molecular weight is 568 g/mol. The monoisotopic (exact) mass is 567 g/mol. The zero-order valence-electron chi connectivity index (χ0n) is 21.3. The van der Waals surface area contributed by atoms with Crippen LogP contribution >= 0.6 is 23.2 Å². The van der Waals surface area contributed by atoms with E-state index < -0.39 is 17.7 Å². The third kappa shape index (κ3) is 8.49. The molecule has 192 valence electrons. The number of halogens is 2. The minimum absolute atomic E-state index is 0. The van der Waals surface area contributed by atoms with E-state index in [0.29, 0.717) is 12.5 Å². The Kier molecular flexibility index (Phi) is 11.7. The number of hydrogen-bond acceptors (Lipinski definition) is 6. The first-order valence-corrected chi connectivity index (χ1v) is 12.7. The number of carboxylic acid groups (broad SMARTS) is 1. The van der Waals surface area contributed by atoms with Crippen molar-refractivity contribution in [3.05, 3.63) is 124 Å². The molecule has 0 N–H and O–H groups in total. The van der Waals surface area contributed by atoms with Crippen molar-refractivity contribution in [1.82, 2.24) is 9.97 Å². The van der Waals surface area contributed by atoms with E-state index in [1.54, 1.807) is 42.7 Å². The van der Waals surface area contributed by atoms with E-state index in [4.69, 9.17) is 23.2 Å². The van der Waals surface area contributed by atoms with Gasteiger partial charge < -0.3 is 14.8 Å². The standard InChI is InChI=1S/C30H25Cl2N3O3.Na/c31-25-11-5-12-26(32)28(25)27(36)19-23(29(37)38)10-4-9-21-13-15-24(16-14-21)35(30-33-17-6-18-34-30)20-22-7-2-1-3-8-22;/h1-9,11-18,23H,10,19-20H2,(H,37,38);/q;+1/p-1/b9-4+;. The third-order valence-corrected chi connectivity index (χ3v) is 6.55. The molecule has 1 aromatic heterocycles. The Hall–Kier alpha value is -3.00. The van der Waals surface area contributed by atoms with E-state index in [2.05, 4.69) is 9.97 Å². The molecule has 1 unspecified atom stereocenters. The van der Waals surface area contributed by atoms with Crippen LogP contribution in [0.25, 0.3) is 6.08 Å². The van der Waals surface area contributed by atoms with Crippen LogP contribution in [-0.2, 0) is 11.3 Å². The third-order valence-electron chi connectivity index (χ3n) is 5.92. The van der Waals surface area contributed by atoms with E-state index in [9.17, 15) is 14.7 Å². The van der Waals surface area contributed by atoms with Gasteiger partial charge in [0, 0.05) is 36.4 Å². The van der Waals surface area contributed by atoms with Gasteiger partial charge in [-0.05, 0) is 47.9 Å². The molecule has 0 spiro atoms. The summed E-state index contributed by atoms with van der Waals surface area (Å²) in [7, 11) is 0. The number of allylic oxidation sites excluding steroid dienone is 1. The minimum atomic E-state index is -1.30. The van der Waals surface area contributed by atoms with Gasteiger partial charge in [-0.3, -0.25) is 4.79 Å². The van der Waals surface area contributed by atoms with E-state index in [-0.39, 0.29) is 58.0 Å². The fourth-order valence-electron chi connectivity index (χ4n) is 3.96. The van der Waals surface area contributed by atoms with Gasteiger partial charge in [-0.25, -0.2) is 9.97 Å². The number of carbonyl (C=O) groups excluding carboxylic acids is 2. The molecule has 1 atom stereocenters. The summed E-state index contributed by atoms with van der Waals surface area (Å²) in [6.07, 6.45) is 6.80. The van der Waals surface area contributed by atoms with Gasteiger partial charge in [-0.1, -0.05) is 83.9 Å². The Bertz CT molecular complexity index is 1400. The quantitative estimate of drug-likeness (QED) is 0.204. The van der Waals surface area contributed by atoms with Gasteiger partial charge >= 0.3 is 29.6 Å². The van der Waals surface area contributed by atoms with Crippen LogP contribution in [0.15, 0.2) is 97.3 Å². The van der Waals surface area contributed by atoms with E-state index in [0.717, 1.165) is 16.8 Å². The molecule has 0 radical (unpaired) electrons. The van der Waals surface area contributed by atoms with Crippen molar-refractivity contribution in [2.45, 2.75) is 19.4 Å². The molecule has 6 nitrogen and oxygen atoms in total. The summed E-state index contributed by atoms with van der Waals surface area (Å²) >= 11 is 12.2. The Morgan fingerprint density at radius 2 is 1.51 bits per heavy atom. The van der Waals surface area contributed by atoms with Crippen LogP contribution in [0, 0.1) is 5.92 Å². The first-order valence-electron chi connectivity index (χ1n) is 12.0. The maximum Gasteiger partial charge on any atom is 1.00 e. The van der Waals surface area contributed by atoms with Crippen LogP contribution in [-0.4, -0.2) is 21.7 Å². The van der Waals surface area contributed by atoms with Crippen molar-refractivity contribution in [2.75, 3.05) is 4.90 Å². The number of Topliss-reactive ketones (excluding diaryl/α,β-unsaturated/α-hetero) is 1. The normalized spacial score (nSPS) is 11.5. The van der Waals surface area contributed by atoms with E-state index >= 15 is 0 Å². The predicted molar refractivity (Wildman–Crippen MR) is 148 cm³/mol. The zero-order valence-corrected chi connectivity index (χ0v) is 24.8. The second-order valence-corrected chi connectivity index (χ2v) is 9.40. The predicted octanol–water partition coefficient (Wildman–Crippen LogP) is 3.17. The summed E-state index contributed by atoms with van der Waals surface area (Å²) in [4.78, 5) is 35.2. The molecule has 0 saturated heterocycles. The van der Waals surface area contributed by atoms with Crippen molar-refractivity contribution in [3.8, 4) is 0 Å². The molecule has 9 heteroatoms. The molecule has 4 rings (SSSR count). The maximum absolute atomic E-state index is 12.7. The Balaban J connectivity index is 0.00000420. The van der Waals surface area contributed by atoms with Crippen molar-refractivity contribution in [1.29, 1.82) is 0 Å². The van der Waals surface area contributed by atoms with Crippen molar-refractivity contribution in [3.63, 3.8) is 0 Å². The molecule has 0 fully saturated rings. The number of rotatable bonds is 11. The van der Waals surface area contributed by atoms with Crippen LogP contribution in [0.4, 0.5) is 11.6 Å². The molecule has 4 aromatic rings. The molecular formula is C30H24Cl2N3NaO3. The largest absolute Gasteiger partial charge is 1.00 e. The minimum Gasteiger partial charge on any atom is -0.550 e. The van der Waals surface area contributed by atoms with Crippen molar-refractivity contribution in [2.24, 2.45) is 5.92 Å². The molecule has 3 aromatic carbocycles. The molecule has 0 aliphatic carbocycles. The van der Waals surface area contributed by atoms with Gasteiger partial charge in [0.25, 0.3) is 0 Å². The number of benzene rings is 3. The fourth-order valence-corrected chi connectivity index (χ4v) is 4.57. The number of ketones is 1. The van der Waals surface area contributed by atoms with Crippen LogP contribution < -0.4 is 39.6 Å². The van der Waals surface area contributed by atoms with Gasteiger partial charge in [0.2, 0.25) is 5.95 Å². The smallest absolute Gasteiger partial charge is 0.550 e. The van der Waals surface area contributed by atoms with Crippen LogP contribution in [0.3, 0.4) is 0 Å². The van der Waals surface area contributed by atoms with Crippen LogP contribution in [0.1, 0.15) is 34.3 Å². The fraction of sp³-hybridized carbons (Fsp3) is 0.133. The maximum atomic E-state index is 12.7. The zero-order chi connectivity index (χ0) is 26.9. The molecule has 0 aliphatic heterocycles. The number of nitrogens with zero attached hydrogens (tertiary/aromatic N) is 3. The number of carbonyl (C=O) groups is 2. The number of carboxylic acids is 1. The van der Waals surface area contributed by atoms with Crippen molar-refractivity contribution < 1.29 is 44.3 Å². The summed E-state index contributed by atoms with van der Waals surface area (Å²) in [5.41, 5.74) is 3.03. The van der Waals surface area contributed by atoms with Gasteiger partial charge in [0.15, 0.2) is 5.78 Å². The Morgan fingerprint density at radius 3 is 2.13 bits per heavy atom. The summed E-state index contributed by atoms with van der Waals surface area (Å²) in [5.74, 6) is -2.17. The Morgan fingerprint density at radius 1 is 0.872 bits per heavy atom. The number of anilines is 2. The summed E-state index contributed by atoms with van der Waals surface area (Å²) in [6.45, 7) is 0.594. The van der Waals surface area contributed by atoms with Crippen LogP contribution in [0.5, 0.6) is 0 Å². The SMILES string of the molecule is O=C(CC(C/C=C/c1ccc(N(Cc2ccccc2)c2ncccn2)cc1)C(=O)[O-])c1c(Cl)cccc1Cl.[Na+].